The fraction of sp³-hybridized carbons (Fsp3) is 0.529. The SMILES string of the molecule is Cc1cc(Cl)ccc1OCCCC(=O)N1CCC[C@H](C(=O)O)C1. The first-order chi connectivity index (χ1) is 11.0. The maximum absolute atomic E-state index is 12.1. The van der Waals surface area contributed by atoms with Crippen LogP contribution in [-0.4, -0.2) is 41.6 Å². The van der Waals surface area contributed by atoms with E-state index < -0.39 is 11.9 Å². The summed E-state index contributed by atoms with van der Waals surface area (Å²) in [7, 11) is 0. The van der Waals surface area contributed by atoms with Gasteiger partial charge in [-0.2, -0.15) is 0 Å². The number of nitrogens with zero attached hydrogens (tertiary/aromatic N) is 1. The van der Waals surface area contributed by atoms with Gasteiger partial charge in [-0.15, -0.1) is 0 Å². The fourth-order valence-electron chi connectivity index (χ4n) is 2.74. The standard InChI is InChI=1S/C17H22ClNO4/c1-12-10-14(18)6-7-15(12)23-9-3-5-16(20)19-8-2-4-13(11-19)17(21)22/h6-7,10,13H,2-5,8-9,11H2,1H3,(H,21,22)/t13-/m0/s1. The van der Waals surface area contributed by atoms with E-state index in [4.69, 9.17) is 21.4 Å². The number of carboxylic acid groups (broad SMARTS) is 1. The van der Waals surface area contributed by atoms with Crippen LogP contribution in [0.1, 0.15) is 31.2 Å². The minimum Gasteiger partial charge on any atom is -0.493 e. The van der Waals surface area contributed by atoms with Crippen molar-refractivity contribution >= 4 is 23.5 Å². The Morgan fingerprint density at radius 2 is 2.22 bits per heavy atom. The maximum Gasteiger partial charge on any atom is 0.308 e. The van der Waals surface area contributed by atoms with Crippen molar-refractivity contribution in [2.75, 3.05) is 19.7 Å². The van der Waals surface area contributed by atoms with Crippen molar-refractivity contribution in [1.82, 2.24) is 4.90 Å². The van der Waals surface area contributed by atoms with E-state index >= 15 is 0 Å². The molecule has 0 aromatic heterocycles. The zero-order chi connectivity index (χ0) is 16.8. The van der Waals surface area contributed by atoms with Crippen LogP contribution < -0.4 is 4.74 Å². The first-order valence-corrected chi connectivity index (χ1v) is 8.24. The number of piperidine rings is 1. The molecule has 1 aliphatic heterocycles. The van der Waals surface area contributed by atoms with Crippen molar-refractivity contribution in [3.63, 3.8) is 0 Å². The molecule has 1 aliphatic rings. The fourth-order valence-corrected chi connectivity index (χ4v) is 2.97. The molecule has 1 fully saturated rings. The van der Waals surface area contributed by atoms with Gasteiger partial charge in [0.1, 0.15) is 5.75 Å². The minimum absolute atomic E-state index is 0.00683. The molecule has 1 N–H and O–H groups in total. The molecule has 0 saturated carbocycles. The van der Waals surface area contributed by atoms with E-state index in [0.29, 0.717) is 44.0 Å². The number of ether oxygens (including phenoxy) is 1. The summed E-state index contributed by atoms with van der Waals surface area (Å²) >= 11 is 5.89. The Balaban J connectivity index is 1.73. The molecular formula is C17H22ClNO4. The second kappa shape index (κ2) is 8.20. The molecule has 23 heavy (non-hydrogen) atoms. The van der Waals surface area contributed by atoms with Gasteiger partial charge in [-0.3, -0.25) is 9.59 Å². The Labute approximate surface area is 141 Å². The number of halogens is 1. The lowest BCUT2D eigenvalue weighted by molar-refractivity contribution is -0.145. The molecule has 1 atom stereocenters. The predicted octanol–water partition coefficient (Wildman–Crippen LogP) is 3.13. The lowest BCUT2D eigenvalue weighted by atomic mass is 9.98. The summed E-state index contributed by atoms with van der Waals surface area (Å²) in [4.78, 5) is 24.8. The average molecular weight is 340 g/mol. The van der Waals surface area contributed by atoms with Crippen LogP contribution in [0.2, 0.25) is 5.02 Å². The molecule has 1 aromatic carbocycles. The van der Waals surface area contributed by atoms with Gasteiger partial charge in [0.25, 0.3) is 0 Å². The van der Waals surface area contributed by atoms with Crippen molar-refractivity contribution in [2.24, 2.45) is 5.92 Å². The third-order valence-electron chi connectivity index (χ3n) is 4.05. The van der Waals surface area contributed by atoms with E-state index in [9.17, 15) is 9.59 Å². The number of carboxylic acids is 1. The van der Waals surface area contributed by atoms with Crippen LogP contribution in [0.25, 0.3) is 0 Å². The molecule has 0 radical (unpaired) electrons. The predicted molar refractivity (Wildman–Crippen MR) is 87.9 cm³/mol. The Morgan fingerprint density at radius 1 is 1.43 bits per heavy atom. The van der Waals surface area contributed by atoms with Gasteiger partial charge in [0.05, 0.1) is 12.5 Å². The van der Waals surface area contributed by atoms with Crippen molar-refractivity contribution in [3.05, 3.63) is 28.8 Å². The second-order valence-electron chi connectivity index (χ2n) is 5.88. The number of benzene rings is 1. The maximum atomic E-state index is 12.1. The Bertz CT molecular complexity index is 576. The zero-order valence-corrected chi connectivity index (χ0v) is 14.0. The molecule has 5 nitrogen and oxygen atoms in total. The normalized spacial score (nSPS) is 17.8. The summed E-state index contributed by atoms with van der Waals surface area (Å²) in [6.07, 6.45) is 2.38. The molecule has 6 heteroatoms. The van der Waals surface area contributed by atoms with E-state index in [1.807, 2.05) is 19.1 Å². The monoisotopic (exact) mass is 339 g/mol. The van der Waals surface area contributed by atoms with Gasteiger partial charge in [0.15, 0.2) is 0 Å². The largest absolute Gasteiger partial charge is 0.493 e. The summed E-state index contributed by atoms with van der Waals surface area (Å²) < 4.78 is 5.67. The van der Waals surface area contributed by atoms with E-state index in [1.54, 1.807) is 11.0 Å². The molecule has 2 rings (SSSR count). The summed E-state index contributed by atoms with van der Waals surface area (Å²) in [6, 6.07) is 5.43. The first-order valence-electron chi connectivity index (χ1n) is 7.87. The molecular weight excluding hydrogens is 318 g/mol. The zero-order valence-electron chi connectivity index (χ0n) is 13.3. The molecule has 1 amide bonds. The van der Waals surface area contributed by atoms with Crippen molar-refractivity contribution in [2.45, 2.75) is 32.6 Å². The lowest BCUT2D eigenvalue weighted by Crippen LogP contribution is -2.42. The summed E-state index contributed by atoms with van der Waals surface area (Å²) in [5.41, 5.74) is 0.962. The van der Waals surface area contributed by atoms with Gasteiger partial charge in [0.2, 0.25) is 5.91 Å². The molecule has 126 valence electrons. The number of amides is 1. The van der Waals surface area contributed by atoms with Crippen LogP contribution in [-0.2, 0) is 9.59 Å². The van der Waals surface area contributed by atoms with Gasteiger partial charge in [-0.1, -0.05) is 11.6 Å². The third-order valence-corrected chi connectivity index (χ3v) is 4.29. The van der Waals surface area contributed by atoms with Crippen LogP contribution >= 0.6 is 11.6 Å². The number of aliphatic carboxylic acids is 1. The van der Waals surface area contributed by atoms with Gasteiger partial charge < -0.3 is 14.7 Å². The Kier molecular flexibility index (Phi) is 6.28. The number of hydrogen-bond acceptors (Lipinski definition) is 3. The topological polar surface area (TPSA) is 66.8 Å². The molecule has 0 unspecified atom stereocenters. The van der Waals surface area contributed by atoms with Crippen molar-refractivity contribution in [1.29, 1.82) is 0 Å². The first kappa shape index (κ1) is 17.6. The molecule has 0 bridgehead atoms. The molecule has 1 aromatic rings. The average Bonchev–Trinajstić information content (AvgIpc) is 2.53. The van der Waals surface area contributed by atoms with Crippen molar-refractivity contribution in [3.8, 4) is 5.75 Å². The quantitative estimate of drug-likeness (QED) is 0.808. The highest BCUT2D eigenvalue weighted by Crippen LogP contribution is 2.22. The molecule has 1 heterocycles. The van der Waals surface area contributed by atoms with Crippen molar-refractivity contribution < 1.29 is 19.4 Å². The molecule has 0 spiro atoms. The minimum atomic E-state index is -0.816. The van der Waals surface area contributed by atoms with Gasteiger partial charge in [0, 0.05) is 24.5 Å². The Morgan fingerprint density at radius 3 is 2.91 bits per heavy atom. The van der Waals surface area contributed by atoms with Crippen LogP contribution in [0.3, 0.4) is 0 Å². The lowest BCUT2D eigenvalue weighted by Gasteiger charge is -2.30. The summed E-state index contributed by atoms with van der Waals surface area (Å²) in [5, 5.41) is 9.73. The third kappa shape index (κ3) is 5.13. The summed E-state index contributed by atoms with van der Waals surface area (Å²) in [5.74, 6) is -0.470. The van der Waals surface area contributed by atoms with E-state index in [1.165, 1.54) is 0 Å². The number of hydrogen-bond donors (Lipinski definition) is 1. The van der Waals surface area contributed by atoms with Gasteiger partial charge in [-0.05, 0) is 49.9 Å². The highest BCUT2D eigenvalue weighted by atomic mass is 35.5. The number of carbonyl (C=O) groups excluding carboxylic acids is 1. The van der Waals surface area contributed by atoms with Crippen LogP contribution in [0, 0.1) is 12.8 Å². The number of aryl methyl sites for hydroxylation is 1. The van der Waals surface area contributed by atoms with Crippen LogP contribution in [0.5, 0.6) is 5.75 Å². The number of likely N-dealkylation sites (tertiary alicyclic amines) is 1. The number of rotatable bonds is 6. The van der Waals surface area contributed by atoms with E-state index in [2.05, 4.69) is 0 Å². The highest BCUT2D eigenvalue weighted by Gasteiger charge is 2.27. The smallest absolute Gasteiger partial charge is 0.308 e. The van der Waals surface area contributed by atoms with Gasteiger partial charge >= 0.3 is 5.97 Å². The second-order valence-corrected chi connectivity index (χ2v) is 6.32. The van der Waals surface area contributed by atoms with Crippen LogP contribution in [0.4, 0.5) is 0 Å². The van der Waals surface area contributed by atoms with Gasteiger partial charge in [-0.25, -0.2) is 0 Å². The highest BCUT2D eigenvalue weighted by molar-refractivity contribution is 6.30. The number of carbonyl (C=O) groups is 2. The molecule has 0 aliphatic carbocycles. The van der Waals surface area contributed by atoms with Crippen LogP contribution in [0.15, 0.2) is 18.2 Å². The van der Waals surface area contributed by atoms with E-state index in [0.717, 1.165) is 17.7 Å². The summed E-state index contributed by atoms with van der Waals surface area (Å²) in [6.45, 7) is 3.35. The Hall–Kier alpha value is -1.75. The molecule has 1 saturated heterocycles. The van der Waals surface area contributed by atoms with E-state index in [-0.39, 0.29) is 5.91 Å².